The molecule has 0 heterocycles. The second kappa shape index (κ2) is 7.09. The van der Waals surface area contributed by atoms with E-state index in [1.807, 2.05) is 6.07 Å². The van der Waals surface area contributed by atoms with Crippen LogP contribution in [0.1, 0.15) is 22.0 Å². The largest absolute Gasteiger partial charge is 0.467 e. The standard InChI is InChI=1S/C16H14N2O3/c1-21-16(20)14(12-8-4-2-5-9-12)17-18-15(19)13-10-6-3-7-11-13/h2-11,14H,1H3. The van der Waals surface area contributed by atoms with Gasteiger partial charge in [-0.25, -0.2) is 4.79 Å². The van der Waals surface area contributed by atoms with Gasteiger partial charge in [-0.1, -0.05) is 48.5 Å². The molecule has 5 heteroatoms. The zero-order valence-electron chi connectivity index (χ0n) is 11.5. The molecular weight excluding hydrogens is 268 g/mol. The second-order valence-electron chi connectivity index (χ2n) is 4.22. The Hall–Kier alpha value is -2.82. The molecule has 0 radical (unpaired) electrons. The Morgan fingerprint density at radius 1 is 0.952 bits per heavy atom. The molecule has 0 saturated heterocycles. The summed E-state index contributed by atoms with van der Waals surface area (Å²) >= 11 is 0. The van der Waals surface area contributed by atoms with Gasteiger partial charge in [0.25, 0.3) is 5.91 Å². The molecule has 2 aromatic carbocycles. The molecule has 21 heavy (non-hydrogen) atoms. The van der Waals surface area contributed by atoms with Crippen molar-refractivity contribution in [2.75, 3.05) is 7.11 Å². The first-order chi connectivity index (χ1) is 10.2. The SMILES string of the molecule is COC(=O)C(N=NC(=O)c1ccccc1)c1ccccc1. The molecule has 0 aliphatic heterocycles. The van der Waals surface area contributed by atoms with E-state index in [2.05, 4.69) is 10.2 Å². The highest BCUT2D eigenvalue weighted by Gasteiger charge is 2.21. The van der Waals surface area contributed by atoms with Gasteiger partial charge in [-0.3, -0.25) is 4.79 Å². The number of benzene rings is 2. The topological polar surface area (TPSA) is 68.1 Å². The van der Waals surface area contributed by atoms with E-state index in [9.17, 15) is 9.59 Å². The van der Waals surface area contributed by atoms with Crippen LogP contribution < -0.4 is 0 Å². The summed E-state index contributed by atoms with van der Waals surface area (Å²) in [6.07, 6.45) is 0. The number of hydrogen-bond acceptors (Lipinski definition) is 4. The molecular formula is C16H14N2O3. The van der Waals surface area contributed by atoms with E-state index >= 15 is 0 Å². The zero-order valence-corrected chi connectivity index (χ0v) is 11.5. The van der Waals surface area contributed by atoms with Crippen LogP contribution in [0.15, 0.2) is 70.9 Å². The molecule has 0 aliphatic rings. The number of carbonyl (C=O) groups is 2. The van der Waals surface area contributed by atoms with Gasteiger partial charge in [0, 0.05) is 5.56 Å². The third kappa shape index (κ3) is 3.82. The van der Waals surface area contributed by atoms with E-state index in [4.69, 9.17) is 4.74 Å². The maximum Gasteiger partial charge on any atom is 0.337 e. The van der Waals surface area contributed by atoms with E-state index in [0.717, 1.165) is 0 Å². The fourth-order valence-corrected chi connectivity index (χ4v) is 1.75. The first-order valence-corrected chi connectivity index (χ1v) is 6.35. The van der Waals surface area contributed by atoms with E-state index in [-0.39, 0.29) is 0 Å². The first kappa shape index (κ1) is 14.6. The van der Waals surface area contributed by atoms with Crippen LogP contribution in [0, 0.1) is 0 Å². The van der Waals surface area contributed by atoms with Crippen LogP contribution in [0.4, 0.5) is 0 Å². The van der Waals surface area contributed by atoms with Gasteiger partial charge >= 0.3 is 5.97 Å². The number of azo groups is 1. The molecule has 2 rings (SSSR count). The number of methoxy groups -OCH3 is 1. The predicted octanol–water partition coefficient (Wildman–Crippen LogP) is 3.19. The molecule has 0 fully saturated rings. The highest BCUT2D eigenvalue weighted by atomic mass is 16.5. The van der Waals surface area contributed by atoms with Gasteiger partial charge in [0.15, 0.2) is 6.04 Å². The first-order valence-electron chi connectivity index (χ1n) is 6.35. The van der Waals surface area contributed by atoms with Crippen molar-refractivity contribution in [2.24, 2.45) is 10.2 Å². The van der Waals surface area contributed by atoms with Crippen LogP contribution in [0.25, 0.3) is 0 Å². The average Bonchev–Trinajstić information content (AvgIpc) is 2.56. The zero-order chi connectivity index (χ0) is 15.1. The summed E-state index contributed by atoms with van der Waals surface area (Å²) < 4.78 is 4.70. The van der Waals surface area contributed by atoms with E-state index in [1.165, 1.54) is 7.11 Å². The predicted molar refractivity (Wildman–Crippen MR) is 76.8 cm³/mol. The Kier molecular flexibility index (Phi) is 4.93. The van der Waals surface area contributed by atoms with Crippen molar-refractivity contribution in [3.63, 3.8) is 0 Å². The summed E-state index contributed by atoms with van der Waals surface area (Å²) in [6, 6.07) is 16.4. The second-order valence-corrected chi connectivity index (χ2v) is 4.22. The molecule has 0 bridgehead atoms. The van der Waals surface area contributed by atoms with Gasteiger partial charge in [0.2, 0.25) is 0 Å². The molecule has 2 aromatic rings. The number of hydrogen-bond donors (Lipinski definition) is 0. The van der Waals surface area contributed by atoms with Crippen LogP contribution in [0.2, 0.25) is 0 Å². The van der Waals surface area contributed by atoms with Crippen LogP contribution in [-0.2, 0) is 9.53 Å². The lowest BCUT2D eigenvalue weighted by molar-refractivity contribution is -0.142. The number of esters is 1. The average molecular weight is 282 g/mol. The highest BCUT2D eigenvalue weighted by molar-refractivity contribution is 5.94. The third-order valence-electron chi connectivity index (χ3n) is 2.82. The summed E-state index contributed by atoms with van der Waals surface area (Å²) in [5.74, 6) is -1.06. The lowest BCUT2D eigenvalue weighted by atomic mass is 10.1. The van der Waals surface area contributed by atoms with Gasteiger partial charge in [-0.05, 0) is 17.7 Å². The summed E-state index contributed by atoms with van der Waals surface area (Å²) in [5.41, 5.74) is 1.03. The molecule has 1 atom stereocenters. The Balaban J connectivity index is 2.22. The summed E-state index contributed by atoms with van der Waals surface area (Å²) in [7, 11) is 1.27. The van der Waals surface area contributed by atoms with Gasteiger partial charge in [0.05, 0.1) is 7.11 Å². The van der Waals surface area contributed by atoms with Crippen LogP contribution in [0.3, 0.4) is 0 Å². The van der Waals surface area contributed by atoms with E-state index in [0.29, 0.717) is 11.1 Å². The number of rotatable bonds is 4. The Bertz CT molecular complexity index is 639. The third-order valence-corrected chi connectivity index (χ3v) is 2.82. The molecule has 1 unspecified atom stereocenters. The maximum atomic E-state index is 11.9. The van der Waals surface area contributed by atoms with Crippen LogP contribution in [-0.4, -0.2) is 19.0 Å². The van der Waals surface area contributed by atoms with Gasteiger partial charge in [-0.15, -0.1) is 5.11 Å². The van der Waals surface area contributed by atoms with Crippen LogP contribution in [0.5, 0.6) is 0 Å². The van der Waals surface area contributed by atoms with Crippen LogP contribution >= 0.6 is 0 Å². The fourth-order valence-electron chi connectivity index (χ4n) is 1.75. The molecule has 0 saturated carbocycles. The number of nitrogens with zero attached hydrogens (tertiary/aromatic N) is 2. The van der Waals surface area contributed by atoms with Crippen molar-refractivity contribution in [3.05, 3.63) is 71.8 Å². The van der Waals surface area contributed by atoms with Crippen molar-refractivity contribution >= 4 is 11.9 Å². The molecule has 1 amide bonds. The molecule has 0 aliphatic carbocycles. The van der Waals surface area contributed by atoms with Crippen molar-refractivity contribution < 1.29 is 14.3 Å². The minimum Gasteiger partial charge on any atom is -0.467 e. The smallest absolute Gasteiger partial charge is 0.337 e. The minimum atomic E-state index is -0.941. The molecule has 0 aromatic heterocycles. The Morgan fingerprint density at radius 2 is 1.52 bits per heavy atom. The maximum absolute atomic E-state index is 11.9. The van der Waals surface area contributed by atoms with Gasteiger partial charge < -0.3 is 4.74 Å². The normalized spacial score (nSPS) is 12.0. The van der Waals surface area contributed by atoms with Crippen molar-refractivity contribution in [1.82, 2.24) is 0 Å². The lowest BCUT2D eigenvalue weighted by Crippen LogP contribution is -2.12. The van der Waals surface area contributed by atoms with Gasteiger partial charge in [0.1, 0.15) is 0 Å². The van der Waals surface area contributed by atoms with Crippen molar-refractivity contribution in [2.45, 2.75) is 6.04 Å². The van der Waals surface area contributed by atoms with Gasteiger partial charge in [-0.2, -0.15) is 5.11 Å². The highest BCUT2D eigenvalue weighted by Crippen LogP contribution is 2.19. The van der Waals surface area contributed by atoms with Crippen molar-refractivity contribution in [3.8, 4) is 0 Å². The number of carbonyl (C=O) groups excluding carboxylic acids is 2. The monoisotopic (exact) mass is 282 g/mol. The molecule has 0 spiro atoms. The minimum absolute atomic E-state index is 0.415. The Morgan fingerprint density at radius 3 is 2.10 bits per heavy atom. The Labute approximate surface area is 122 Å². The summed E-state index contributed by atoms with van der Waals surface area (Å²) in [6.45, 7) is 0. The van der Waals surface area contributed by atoms with Crippen molar-refractivity contribution in [1.29, 1.82) is 0 Å². The summed E-state index contributed by atoms with van der Waals surface area (Å²) in [4.78, 5) is 23.7. The van der Waals surface area contributed by atoms with E-state index < -0.39 is 17.9 Å². The molecule has 0 N–H and O–H groups in total. The number of amides is 1. The number of ether oxygens (including phenoxy) is 1. The van der Waals surface area contributed by atoms with E-state index in [1.54, 1.807) is 54.6 Å². The summed E-state index contributed by atoms with van der Waals surface area (Å²) in [5, 5.41) is 7.47. The lowest BCUT2D eigenvalue weighted by Gasteiger charge is -2.08. The molecule has 5 nitrogen and oxygen atoms in total. The molecule has 106 valence electrons. The fraction of sp³-hybridized carbons (Fsp3) is 0.125. The quantitative estimate of drug-likeness (QED) is 0.638.